The zero-order valence-corrected chi connectivity index (χ0v) is 11.5. The fourth-order valence-electron chi connectivity index (χ4n) is 1.24. The van der Waals surface area contributed by atoms with Gasteiger partial charge in [0.1, 0.15) is 5.76 Å². The molecular weight excluding hydrogens is 295 g/mol. The Morgan fingerprint density at radius 1 is 1.19 bits per heavy atom. The SMILES string of the molecule is C=C/C=C(\C=C(/C)C(F)(F)CC)C(/O)=C/C(=O)C(F)(F)F. The van der Waals surface area contributed by atoms with E-state index in [2.05, 4.69) is 6.58 Å². The van der Waals surface area contributed by atoms with Crippen molar-refractivity contribution < 1.29 is 31.9 Å². The molecule has 0 rings (SSSR count). The largest absolute Gasteiger partial charge is 0.507 e. The summed E-state index contributed by atoms with van der Waals surface area (Å²) in [5, 5.41) is 9.50. The van der Waals surface area contributed by atoms with E-state index in [0.29, 0.717) is 0 Å². The van der Waals surface area contributed by atoms with E-state index in [1.165, 1.54) is 6.92 Å². The minimum atomic E-state index is -5.15. The Kier molecular flexibility index (Phi) is 6.53. The Morgan fingerprint density at radius 2 is 1.71 bits per heavy atom. The fourth-order valence-corrected chi connectivity index (χ4v) is 1.24. The minimum Gasteiger partial charge on any atom is -0.507 e. The number of hydrogen-bond acceptors (Lipinski definition) is 2. The third kappa shape index (κ3) is 5.93. The maximum Gasteiger partial charge on any atom is 0.454 e. The predicted octanol–water partition coefficient (Wildman–Crippen LogP) is 4.66. The zero-order chi connectivity index (χ0) is 16.8. The van der Waals surface area contributed by atoms with Crippen LogP contribution in [-0.4, -0.2) is 23.0 Å². The number of allylic oxidation sites excluding steroid dienone is 5. The van der Waals surface area contributed by atoms with Crippen molar-refractivity contribution >= 4 is 5.78 Å². The molecule has 2 nitrogen and oxygen atoms in total. The van der Waals surface area contributed by atoms with Gasteiger partial charge in [-0.05, 0) is 18.6 Å². The standard InChI is InChI=1S/C14H15F5O2/c1-4-6-10(7-9(3)13(15,16)5-2)11(20)8-12(21)14(17,18)19/h4,6-8,20H,1,5H2,2-3H3/b9-7+,10-6+,11-8-. The Labute approximate surface area is 119 Å². The van der Waals surface area contributed by atoms with Crippen molar-refractivity contribution in [1.82, 2.24) is 0 Å². The number of carbonyl (C=O) groups excluding carboxylic acids is 1. The number of aliphatic hydroxyl groups excluding tert-OH is 1. The van der Waals surface area contributed by atoms with Crippen LogP contribution in [-0.2, 0) is 4.79 Å². The summed E-state index contributed by atoms with van der Waals surface area (Å²) in [6.45, 7) is 5.56. The molecule has 0 saturated heterocycles. The fraction of sp³-hybridized carbons (Fsp3) is 0.357. The second-order valence-corrected chi connectivity index (χ2v) is 4.13. The molecular formula is C14H15F5O2. The van der Waals surface area contributed by atoms with Crippen molar-refractivity contribution in [3.05, 3.63) is 47.8 Å². The first kappa shape index (κ1) is 19.1. The summed E-state index contributed by atoms with van der Waals surface area (Å²) < 4.78 is 63.0. The predicted molar refractivity (Wildman–Crippen MR) is 69.0 cm³/mol. The van der Waals surface area contributed by atoms with E-state index >= 15 is 0 Å². The first-order valence-electron chi connectivity index (χ1n) is 5.87. The average molecular weight is 310 g/mol. The number of alkyl halides is 5. The van der Waals surface area contributed by atoms with Crippen molar-refractivity contribution in [2.45, 2.75) is 32.4 Å². The van der Waals surface area contributed by atoms with Gasteiger partial charge >= 0.3 is 6.18 Å². The second-order valence-electron chi connectivity index (χ2n) is 4.13. The number of carbonyl (C=O) groups is 1. The van der Waals surface area contributed by atoms with E-state index in [1.54, 1.807) is 0 Å². The quantitative estimate of drug-likeness (QED) is 0.335. The van der Waals surface area contributed by atoms with Crippen molar-refractivity contribution in [2.24, 2.45) is 0 Å². The van der Waals surface area contributed by atoms with Gasteiger partial charge in [-0.15, -0.1) is 0 Å². The van der Waals surface area contributed by atoms with Crippen LogP contribution in [0.3, 0.4) is 0 Å². The van der Waals surface area contributed by atoms with Gasteiger partial charge in [0.25, 0.3) is 11.7 Å². The number of ketones is 1. The first-order chi connectivity index (χ1) is 9.45. The van der Waals surface area contributed by atoms with Gasteiger partial charge in [0.2, 0.25) is 0 Å². The topological polar surface area (TPSA) is 37.3 Å². The molecule has 0 unspecified atom stereocenters. The average Bonchev–Trinajstić information content (AvgIpc) is 2.36. The van der Waals surface area contributed by atoms with Gasteiger partial charge in [-0.2, -0.15) is 13.2 Å². The molecule has 0 atom stereocenters. The summed E-state index contributed by atoms with van der Waals surface area (Å²) in [4.78, 5) is 10.7. The Hall–Kier alpha value is -1.92. The molecule has 0 aromatic heterocycles. The van der Waals surface area contributed by atoms with Gasteiger partial charge < -0.3 is 5.11 Å². The van der Waals surface area contributed by atoms with E-state index < -0.39 is 35.6 Å². The van der Waals surface area contributed by atoms with Gasteiger partial charge in [0, 0.05) is 18.1 Å². The van der Waals surface area contributed by atoms with Crippen molar-refractivity contribution in [2.75, 3.05) is 0 Å². The molecule has 0 saturated carbocycles. The number of halogens is 5. The van der Waals surface area contributed by atoms with E-state index in [-0.39, 0.29) is 11.6 Å². The molecule has 0 aliphatic heterocycles. The van der Waals surface area contributed by atoms with Crippen LogP contribution in [0.25, 0.3) is 0 Å². The van der Waals surface area contributed by atoms with Crippen LogP contribution in [0.15, 0.2) is 47.8 Å². The molecule has 0 aromatic carbocycles. The first-order valence-corrected chi connectivity index (χ1v) is 5.87. The summed E-state index contributed by atoms with van der Waals surface area (Å²) >= 11 is 0. The monoisotopic (exact) mass is 310 g/mol. The van der Waals surface area contributed by atoms with E-state index in [0.717, 1.165) is 25.2 Å². The minimum absolute atomic E-state index is 0.0663. The highest BCUT2D eigenvalue weighted by atomic mass is 19.4. The van der Waals surface area contributed by atoms with Crippen LogP contribution < -0.4 is 0 Å². The molecule has 0 aromatic rings. The lowest BCUT2D eigenvalue weighted by molar-refractivity contribution is -0.165. The second kappa shape index (κ2) is 7.19. The Balaban J connectivity index is 5.61. The van der Waals surface area contributed by atoms with Gasteiger partial charge in [-0.1, -0.05) is 25.7 Å². The smallest absolute Gasteiger partial charge is 0.454 e. The lowest BCUT2D eigenvalue weighted by Crippen LogP contribution is -2.21. The molecule has 0 aliphatic carbocycles. The number of aliphatic hydroxyl groups is 1. The van der Waals surface area contributed by atoms with Crippen LogP contribution in [0.4, 0.5) is 22.0 Å². The summed E-state index contributed by atoms with van der Waals surface area (Å²) in [7, 11) is 0. The van der Waals surface area contributed by atoms with Crippen molar-refractivity contribution in [3.8, 4) is 0 Å². The molecule has 0 fully saturated rings. The van der Waals surface area contributed by atoms with Crippen LogP contribution in [0.2, 0.25) is 0 Å². The maximum atomic E-state index is 13.4. The third-order valence-electron chi connectivity index (χ3n) is 2.53. The Bertz CT molecular complexity index is 496. The van der Waals surface area contributed by atoms with E-state index in [4.69, 9.17) is 0 Å². The number of rotatable bonds is 6. The highest BCUT2D eigenvalue weighted by Crippen LogP contribution is 2.29. The van der Waals surface area contributed by atoms with Crippen molar-refractivity contribution in [1.29, 1.82) is 0 Å². The molecule has 0 amide bonds. The summed E-state index contributed by atoms with van der Waals surface area (Å²) in [5.74, 6) is -6.53. The lowest BCUT2D eigenvalue weighted by Gasteiger charge is -2.15. The van der Waals surface area contributed by atoms with Gasteiger partial charge in [0.15, 0.2) is 0 Å². The van der Waals surface area contributed by atoms with Gasteiger partial charge in [-0.25, -0.2) is 8.78 Å². The molecule has 0 spiro atoms. The van der Waals surface area contributed by atoms with Crippen molar-refractivity contribution in [3.63, 3.8) is 0 Å². The maximum absolute atomic E-state index is 13.4. The molecule has 1 N–H and O–H groups in total. The molecule has 0 heterocycles. The van der Waals surface area contributed by atoms with Crippen LogP contribution in [0.1, 0.15) is 20.3 Å². The third-order valence-corrected chi connectivity index (χ3v) is 2.53. The molecule has 21 heavy (non-hydrogen) atoms. The Morgan fingerprint density at radius 3 is 2.10 bits per heavy atom. The lowest BCUT2D eigenvalue weighted by atomic mass is 10.0. The molecule has 7 heteroatoms. The molecule has 0 bridgehead atoms. The van der Waals surface area contributed by atoms with E-state index in [9.17, 15) is 31.9 Å². The van der Waals surface area contributed by atoms with Crippen LogP contribution >= 0.6 is 0 Å². The normalized spacial score (nSPS) is 15.1. The van der Waals surface area contributed by atoms with Gasteiger partial charge in [0.05, 0.1) is 0 Å². The van der Waals surface area contributed by atoms with Gasteiger partial charge in [-0.3, -0.25) is 4.79 Å². The summed E-state index contributed by atoms with van der Waals surface area (Å²) in [5.41, 5.74) is -0.828. The van der Waals surface area contributed by atoms with Crippen LogP contribution in [0.5, 0.6) is 0 Å². The summed E-state index contributed by atoms with van der Waals surface area (Å²) in [6, 6.07) is 0. The molecule has 118 valence electrons. The molecule has 0 aliphatic rings. The number of hydrogen-bond donors (Lipinski definition) is 1. The highest BCUT2D eigenvalue weighted by molar-refractivity contribution is 5.95. The zero-order valence-electron chi connectivity index (χ0n) is 11.5. The van der Waals surface area contributed by atoms with Crippen LogP contribution in [0, 0.1) is 0 Å². The highest BCUT2D eigenvalue weighted by Gasteiger charge is 2.37. The van der Waals surface area contributed by atoms with E-state index in [1.807, 2.05) is 0 Å². The molecule has 0 radical (unpaired) electrons. The summed E-state index contributed by atoms with van der Waals surface area (Å²) in [6.07, 6.45) is -2.82.